The molecule has 0 radical (unpaired) electrons. The summed E-state index contributed by atoms with van der Waals surface area (Å²) in [6.45, 7) is 0. The zero-order valence-corrected chi connectivity index (χ0v) is 13.2. The van der Waals surface area contributed by atoms with Gasteiger partial charge in [-0.1, -0.05) is 30.3 Å². The summed E-state index contributed by atoms with van der Waals surface area (Å²) < 4.78 is 23.6. The molecule has 3 aromatic rings. The van der Waals surface area contributed by atoms with Gasteiger partial charge >= 0.3 is 0 Å². The van der Waals surface area contributed by atoms with E-state index in [9.17, 15) is 13.2 Å². The van der Waals surface area contributed by atoms with E-state index in [1.807, 2.05) is 24.3 Å². The van der Waals surface area contributed by atoms with Crippen molar-refractivity contribution in [1.82, 2.24) is 4.98 Å². The number of para-hydroxylation sites is 1. The van der Waals surface area contributed by atoms with Crippen LogP contribution in [-0.2, 0) is 9.84 Å². The number of fused-ring (bicyclic) bond motifs is 1. The summed E-state index contributed by atoms with van der Waals surface area (Å²) in [4.78, 5) is 16.7. The van der Waals surface area contributed by atoms with Gasteiger partial charge in [0.15, 0.2) is 9.84 Å². The lowest BCUT2D eigenvalue weighted by Gasteiger charge is -2.09. The number of amides is 1. The van der Waals surface area contributed by atoms with E-state index < -0.39 is 15.7 Å². The van der Waals surface area contributed by atoms with Crippen LogP contribution >= 0.6 is 0 Å². The van der Waals surface area contributed by atoms with Gasteiger partial charge in [0, 0.05) is 11.6 Å². The van der Waals surface area contributed by atoms with E-state index in [2.05, 4.69) is 10.3 Å². The summed E-state index contributed by atoms with van der Waals surface area (Å²) in [5.41, 5.74) is 1.45. The SMILES string of the molecule is CS(=O)(=O)c1ccccc1C(=O)Nc1cnc2ccccc2c1. The molecule has 3 rings (SSSR count). The third-order valence-electron chi connectivity index (χ3n) is 3.38. The van der Waals surface area contributed by atoms with Crippen molar-refractivity contribution >= 4 is 32.3 Å². The fourth-order valence-electron chi connectivity index (χ4n) is 2.32. The number of carbonyl (C=O) groups is 1. The first-order valence-electron chi connectivity index (χ1n) is 6.90. The summed E-state index contributed by atoms with van der Waals surface area (Å²) in [7, 11) is -3.48. The molecule has 0 saturated carbocycles. The third kappa shape index (κ3) is 3.22. The highest BCUT2D eigenvalue weighted by atomic mass is 32.2. The summed E-state index contributed by atoms with van der Waals surface area (Å²) in [5, 5.41) is 3.59. The Balaban J connectivity index is 1.95. The second-order valence-electron chi connectivity index (χ2n) is 5.14. The number of anilines is 1. The Bertz CT molecular complexity index is 997. The number of hydrogen-bond donors (Lipinski definition) is 1. The number of carbonyl (C=O) groups excluding carboxylic acids is 1. The van der Waals surface area contributed by atoms with Gasteiger partial charge in [-0.3, -0.25) is 9.78 Å². The number of aromatic nitrogens is 1. The van der Waals surface area contributed by atoms with Gasteiger partial charge in [-0.25, -0.2) is 8.42 Å². The molecule has 0 fully saturated rings. The molecule has 2 aromatic carbocycles. The summed E-state index contributed by atoms with van der Waals surface area (Å²) in [5.74, 6) is -0.483. The molecule has 0 aliphatic carbocycles. The minimum Gasteiger partial charge on any atom is -0.321 e. The van der Waals surface area contributed by atoms with E-state index >= 15 is 0 Å². The van der Waals surface area contributed by atoms with Crippen molar-refractivity contribution in [2.24, 2.45) is 0 Å². The van der Waals surface area contributed by atoms with Crippen LogP contribution < -0.4 is 5.32 Å². The lowest BCUT2D eigenvalue weighted by atomic mass is 10.2. The van der Waals surface area contributed by atoms with Crippen molar-refractivity contribution < 1.29 is 13.2 Å². The second kappa shape index (κ2) is 5.81. The number of pyridine rings is 1. The van der Waals surface area contributed by atoms with Crippen molar-refractivity contribution in [3.8, 4) is 0 Å². The van der Waals surface area contributed by atoms with Gasteiger partial charge in [-0.15, -0.1) is 0 Å². The fourth-order valence-corrected chi connectivity index (χ4v) is 3.20. The lowest BCUT2D eigenvalue weighted by molar-refractivity contribution is 0.102. The van der Waals surface area contributed by atoms with E-state index in [-0.39, 0.29) is 10.5 Å². The molecule has 0 aliphatic heterocycles. The van der Waals surface area contributed by atoms with Crippen LogP contribution in [0.1, 0.15) is 10.4 Å². The van der Waals surface area contributed by atoms with Gasteiger partial charge in [0.05, 0.1) is 27.9 Å². The molecular weight excluding hydrogens is 312 g/mol. The van der Waals surface area contributed by atoms with Gasteiger partial charge in [0.2, 0.25) is 0 Å². The van der Waals surface area contributed by atoms with Crippen molar-refractivity contribution in [2.75, 3.05) is 11.6 Å². The first kappa shape index (κ1) is 15.2. The minimum atomic E-state index is -3.48. The van der Waals surface area contributed by atoms with Gasteiger partial charge < -0.3 is 5.32 Å². The van der Waals surface area contributed by atoms with E-state index in [0.717, 1.165) is 17.2 Å². The number of benzene rings is 2. The third-order valence-corrected chi connectivity index (χ3v) is 4.53. The van der Waals surface area contributed by atoms with E-state index in [1.54, 1.807) is 24.4 Å². The van der Waals surface area contributed by atoms with E-state index in [0.29, 0.717) is 5.69 Å². The highest BCUT2D eigenvalue weighted by Gasteiger charge is 2.18. The summed E-state index contributed by atoms with van der Waals surface area (Å²) in [6.07, 6.45) is 2.62. The molecular formula is C17H14N2O3S. The maximum absolute atomic E-state index is 12.4. The summed E-state index contributed by atoms with van der Waals surface area (Å²) in [6, 6.07) is 15.5. The quantitative estimate of drug-likeness (QED) is 0.803. The lowest BCUT2D eigenvalue weighted by Crippen LogP contribution is -2.16. The number of hydrogen-bond acceptors (Lipinski definition) is 4. The standard InChI is InChI=1S/C17H14N2O3S/c1-23(21,22)16-9-5-3-7-14(16)17(20)19-13-10-12-6-2-4-8-15(12)18-11-13/h2-11H,1H3,(H,19,20). The Morgan fingerprint density at radius 3 is 2.52 bits per heavy atom. The van der Waals surface area contributed by atoms with Crippen LogP contribution in [0, 0.1) is 0 Å². The largest absolute Gasteiger partial charge is 0.321 e. The highest BCUT2D eigenvalue weighted by molar-refractivity contribution is 7.90. The second-order valence-corrected chi connectivity index (χ2v) is 7.12. The number of sulfone groups is 1. The average molecular weight is 326 g/mol. The Kier molecular flexibility index (Phi) is 3.83. The fraction of sp³-hybridized carbons (Fsp3) is 0.0588. The zero-order valence-electron chi connectivity index (χ0n) is 12.4. The molecule has 0 bridgehead atoms. The average Bonchev–Trinajstić information content (AvgIpc) is 2.54. The Hall–Kier alpha value is -2.73. The molecule has 5 nitrogen and oxygen atoms in total. The smallest absolute Gasteiger partial charge is 0.257 e. The highest BCUT2D eigenvalue weighted by Crippen LogP contribution is 2.19. The van der Waals surface area contributed by atoms with Crippen molar-refractivity contribution in [2.45, 2.75) is 4.90 Å². The van der Waals surface area contributed by atoms with Crippen LogP contribution in [0.4, 0.5) is 5.69 Å². The zero-order chi connectivity index (χ0) is 16.4. The van der Waals surface area contributed by atoms with Gasteiger partial charge in [-0.05, 0) is 24.3 Å². The molecule has 1 N–H and O–H groups in total. The molecule has 1 aromatic heterocycles. The summed E-state index contributed by atoms with van der Waals surface area (Å²) >= 11 is 0. The van der Waals surface area contributed by atoms with Crippen LogP contribution in [0.5, 0.6) is 0 Å². The maximum Gasteiger partial charge on any atom is 0.257 e. The molecule has 0 saturated heterocycles. The topological polar surface area (TPSA) is 76.1 Å². The normalized spacial score (nSPS) is 11.3. The molecule has 1 amide bonds. The first-order valence-corrected chi connectivity index (χ1v) is 8.79. The van der Waals surface area contributed by atoms with Crippen LogP contribution in [0.3, 0.4) is 0 Å². The van der Waals surface area contributed by atoms with E-state index in [4.69, 9.17) is 0 Å². The molecule has 1 heterocycles. The predicted octanol–water partition coefficient (Wildman–Crippen LogP) is 2.89. The van der Waals surface area contributed by atoms with Gasteiger partial charge in [0.1, 0.15) is 0 Å². The van der Waals surface area contributed by atoms with Crippen LogP contribution in [-0.4, -0.2) is 25.6 Å². The number of rotatable bonds is 3. The van der Waals surface area contributed by atoms with E-state index in [1.165, 1.54) is 12.1 Å². The number of nitrogens with one attached hydrogen (secondary N) is 1. The molecule has 0 atom stereocenters. The molecule has 0 aliphatic rings. The Morgan fingerprint density at radius 1 is 1.04 bits per heavy atom. The van der Waals surface area contributed by atoms with Crippen LogP contribution in [0.2, 0.25) is 0 Å². The van der Waals surface area contributed by atoms with Gasteiger partial charge in [-0.2, -0.15) is 0 Å². The monoisotopic (exact) mass is 326 g/mol. The van der Waals surface area contributed by atoms with Gasteiger partial charge in [0.25, 0.3) is 5.91 Å². The first-order chi connectivity index (χ1) is 10.9. The van der Waals surface area contributed by atoms with Crippen molar-refractivity contribution in [3.63, 3.8) is 0 Å². The molecule has 6 heteroatoms. The molecule has 116 valence electrons. The predicted molar refractivity (Wildman–Crippen MR) is 89.2 cm³/mol. The molecule has 0 spiro atoms. The maximum atomic E-state index is 12.4. The molecule has 23 heavy (non-hydrogen) atoms. The minimum absolute atomic E-state index is 0.00579. The van der Waals surface area contributed by atoms with Crippen LogP contribution in [0.25, 0.3) is 10.9 Å². The Morgan fingerprint density at radius 2 is 1.74 bits per heavy atom. The molecule has 0 unspecified atom stereocenters. The van der Waals surface area contributed by atoms with Crippen LogP contribution in [0.15, 0.2) is 65.7 Å². The Labute approximate surface area is 133 Å². The van der Waals surface area contributed by atoms with Crippen molar-refractivity contribution in [3.05, 3.63) is 66.4 Å². The number of nitrogens with zero attached hydrogens (tertiary/aromatic N) is 1. The van der Waals surface area contributed by atoms with Crippen molar-refractivity contribution in [1.29, 1.82) is 0 Å².